The second kappa shape index (κ2) is 5.02. The average molecular weight is 241 g/mol. The van der Waals surface area contributed by atoms with Gasteiger partial charge >= 0.3 is 0 Å². The van der Waals surface area contributed by atoms with Gasteiger partial charge in [0.15, 0.2) is 0 Å². The van der Waals surface area contributed by atoms with E-state index in [4.69, 9.17) is 5.73 Å². The summed E-state index contributed by atoms with van der Waals surface area (Å²) in [6, 6.07) is 8.03. The zero-order valence-corrected chi connectivity index (χ0v) is 9.21. The van der Waals surface area contributed by atoms with E-state index in [1.54, 1.807) is 0 Å². The van der Waals surface area contributed by atoms with Crippen LogP contribution in [0.2, 0.25) is 0 Å². The second-order valence-electron chi connectivity index (χ2n) is 2.75. The van der Waals surface area contributed by atoms with Crippen LogP contribution < -0.4 is 5.73 Å². The molecule has 0 unspecified atom stereocenters. The van der Waals surface area contributed by atoms with Gasteiger partial charge in [-0.2, -0.15) is 0 Å². The molecule has 0 fully saturated rings. The van der Waals surface area contributed by atoms with E-state index in [9.17, 15) is 0 Å². The molecule has 0 saturated carbocycles. The summed E-state index contributed by atoms with van der Waals surface area (Å²) < 4.78 is 1.09. The Morgan fingerprint density at radius 1 is 1.46 bits per heavy atom. The summed E-state index contributed by atoms with van der Waals surface area (Å²) in [5.74, 6) is 0.704. The van der Waals surface area contributed by atoms with Crippen LogP contribution in [0.5, 0.6) is 0 Å². The molecule has 0 aliphatic heterocycles. The topological polar surface area (TPSA) is 38.4 Å². The molecule has 0 atom stereocenters. The predicted octanol–water partition coefficient (Wildman–Crippen LogP) is 2.72. The van der Waals surface area contributed by atoms with Crippen molar-refractivity contribution in [2.45, 2.75) is 19.9 Å². The third kappa shape index (κ3) is 3.19. The van der Waals surface area contributed by atoms with Gasteiger partial charge in [-0.3, -0.25) is 4.99 Å². The lowest BCUT2D eigenvalue weighted by Gasteiger charge is -2.00. The average Bonchev–Trinajstić information content (AvgIpc) is 2.16. The predicted molar refractivity (Wildman–Crippen MR) is 59.8 cm³/mol. The third-order valence-corrected chi connectivity index (χ3v) is 2.55. The fourth-order valence-corrected chi connectivity index (χ4v) is 1.34. The van der Waals surface area contributed by atoms with E-state index in [2.05, 4.69) is 20.9 Å². The number of amidine groups is 1. The van der Waals surface area contributed by atoms with E-state index < -0.39 is 0 Å². The SMILES string of the molecule is CCC(N)=NCc1ccccc1Br. The van der Waals surface area contributed by atoms with Gasteiger partial charge in [0, 0.05) is 10.9 Å². The first-order valence-corrected chi connectivity index (χ1v) is 5.05. The maximum atomic E-state index is 5.61. The van der Waals surface area contributed by atoms with Gasteiger partial charge in [-0.05, 0) is 11.6 Å². The van der Waals surface area contributed by atoms with Crippen LogP contribution in [0.25, 0.3) is 0 Å². The van der Waals surface area contributed by atoms with Gasteiger partial charge in [-0.15, -0.1) is 0 Å². The molecule has 0 heterocycles. The lowest BCUT2D eigenvalue weighted by molar-refractivity contribution is 1.03. The largest absolute Gasteiger partial charge is 0.387 e. The minimum Gasteiger partial charge on any atom is -0.387 e. The molecule has 13 heavy (non-hydrogen) atoms. The Balaban J connectivity index is 2.70. The van der Waals surface area contributed by atoms with Crippen molar-refractivity contribution in [1.29, 1.82) is 0 Å². The molecule has 0 aromatic heterocycles. The van der Waals surface area contributed by atoms with Crippen LogP contribution in [-0.2, 0) is 6.54 Å². The van der Waals surface area contributed by atoms with Gasteiger partial charge in [-0.25, -0.2) is 0 Å². The third-order valence-electron chi connectivity index (χ3n) is 1.77. The zero-order chi connectivity index (χ0) is 9.68. The smallest absolute Gasteiger partial charge is 0.0938 e. The highest BCUT2D eigenvalue weighted by Crippen LogP contribution is 2.16. The van der Waals surface area contributed by atoms with Gasteiger partial charge in [0.2, 0.25) is 0 Å². The highest BCUT2D eigenvalue weighted by atomic mass is 79.9. The van der Waals surface area contributed by atoms with Crippen LogP contribution in [0.3, 0.4) is 0 Å². The molecule has 1 aromatic carbocycles. The summed E-state index contributed by atoms with van der Waals surface area (Å²) in [5.41, 5.74) is 6.77. The Bertz CT molecular complexity index is 308. The standard InChI is InChI=1S/C10H13BrN2/c1-2-10(12)13-7-8-5-3-4-6-9(8)11/h3-6H,2,7H2,1H3,(H2,12,13). The summed E-state index contributed by atoms with van der Waals surface area (Å²) in [6.45, 7) is 2.65. The van der Waals surface area contributed by atoms with Crippen LogP contribution in [-0.4, -0.2) is 5.84 Å². The highest BCUT2D eigenvalue weighted by molar-refractivity contribution is 9.10. The summed E-state index contributed by atoms with van der Waals surface area (Å²) >= 11 is 3.46. The normalized spacial score (nSPS) is 11.7. The molecule has 0 spiro atoms. The van der Waals surface area contributed by atoms with Crippen LogP contribution >= 0.6 is 15.9 Å². The summed E-state index contributed by atoms with van der Waals surface area (Å²) in [4.78, 5) is 4.24. The molecule has 0 aliphatic carbocycles. The van der Waals surface area contributed by atoms with Crippen LogP contribution in [0.4, 0.5) is 0 Å². The molecule has 0 saturated heterocycles. The maximum absolute atomic E-state index is 5.61. The zero-order valence-electron chi connectivity index (χ0n) is 7.63. The Morgan fingerprint density at radius 2 is 2.15 bits per heavy atom. The molecule has 1 aromatic rings. The Kier molecular flexibility index (Phi) is 3.96. The first-order chi connectivity index (χ1) is 6.24. The van der Waals surface area contributed by atoms with Crippen molar-refractivity contribution in [2.75, 3.05) is 0 Å². The monoisotopic (exact) mass is 240 g/mol. The van der Waals surface area contributed by atoms with Gasteiger partial charge in [0.25, 0.3) is 0 Å². The Labute approximate surface area is 87.0 Å². The number of nitrogens with zero attached hydrogens (tertiary/aromatic N) is 1. The van der Waals surface area contributed by atoms with Gasteiger partial charge in [0.05, 0.1) is 12.4 Å². The minimum atomic E-state index is 0.654. The van der Waals surface area contributed by atoms with Gasteiger partial charge < -0.3 is 5.73 Å². The molecular weight excluding hydrogens is 228 g/mol. The van der Waals surface area contributed by atoms with Crippen molar-refractivity contribution in [3.63, 3.8) is 0 Å². The summed E-state index contributed by atoms with van der Waals surface area (Å²) in [5, 5.41) is 0. The van der Waals surface area contributed by atoms with Crippen LogP contribution in [0.1, 0.15) is 18.9 Å². The second-order valence-corrected chi connectivity index (χ2v) is 3.61. The lowest BCUT2D eigenvalue weighted by Crippen LogP contribution is -2.09. The van der Waals surface area contributed by atoms with Crippen molar-refractivity contribution in [3.8, 4) is 0 Å². The Hall–Kier alpha value is -0.830. The molecule has 0 bridgehead atoms. The van der Waals surface area contributed by atoms with E-state index in [1.807, 2.05) is 31.2 Å². The molecule has 0 aliphatic rings. The molecule has 0 amide bonds. The molecule has 2 nitrogen and oxygen atoms in total. The van der Waals surface area contributed by atoms with E-state index in [1.165, 1.54) is 5.56 Å². The van der Waals surface area contributed by atoms with Crippen molar-refractivity contribution in [2.24, 2.45) is 10.7 Å². The van der Waals surface area contributed by atoms with Crippen molar-refractivity contribution >= 4 is 21.8 Å². The fraction of sp³-hybridized carbons (Fsp3) is 0.300. The molecule has 70 valence electrons. The highest BCUT2D eigenvalue weighted by Gasteiger charge is 1.96. The lowest BCUT2D eigenvalue weighted by atomic mass is 10.2. The molecule has 2 N–H and O–H groups in total. The molecule has 1 rings (SSSR count). The fourth-order valence-electron chi connectivity index (χ4n) is 0.925. The number of hydrogen-bond acceptors (Lipinski definition) is 1. The number of benzene rings is 1. The molecule has 3 heteroatoms. The first-order valence-electron chi connectivity index (χ1n) is 4.26. The van der Waals surface area contributed by atoms with Crippen molar-refractivity contribution < 1.29 is 0 Å². The van der Waals surface area contributed by atoms with Crippen LogP contribution in [0, 0.1) is 0 Å². The van der Waals surface area contributed by atoms with Gasteiger partial charge in [0.1, 0.15) is 0 Å². The number of rotatable bonds is 3. The first kappa shape index (κ1) is 10.3. The van der Waals surface area contributed by atoms with Crippen molar-refractivity contribution in [3.05, 3.63) is 34.3 Å². The Morgan fingerprint density at radius 3 is 2.77 bits per heavy atom. The molecular formula is C10H13BrN2. The van der Waals surface area contributed by atoms with Crippen molar-refractivity contribution in [1.82, 2.24) is 0 Å². The summed E-state index contributed by atoms with van der Waals surface area (Å²) in [7, 11) is 0. The number of hydrogen-bond donors (Lipinski definition) is 1. The number of aliphatic imine (C=N–C) groups is 1. The molecule has 0 radical (unpaired) electrons. The van der Waals surface area contributed by atoms with Gasteiger partial charge in [-0.1, -0.05) is 41.1 Å². The van der Waals surface area contributed by atoms with E-state index >= 15 is 0 Å². The van der Waals surface area contributed by atoms with E-state index in [-0.39, 0.29) is 0 Å². The van der Waals surface area contributed by atoms with E-state index in [0.717, 1.165) is 10.9 Å². The minimum absolute atomic E-state index is 0.654. The summed E-state index contributed by atoms with van der Waals surface area (Å²) in [6.07, 6.45) is 0.810. The number of halogens is 1. The number of nitrogens with two attached hydrogens (primary N) is 1. The quantitative estimate of drug-likeness (QED) is 0.641. The maximum Gasteiger partial charge on any atom is 0.0938 e. The van der Waals surface area contributed by atoms with E-state index in [0.29, 0.717) is 12.4 Å². The van der Waals surface area contributed by atoms with Crippen LogP contribution in [0.15, 0.2) is 33.7 Å².